The van der Waals surface area contributed by atoms with E-state index in [1.54, 1.807) is 6.08 Å². The first-order chi connectivity index (χ1) is 35.5. The monoisotopic (exact) mass is 1010 g/mol. The van der Waals surface area contributed by atoms with Gasteiger partial charge in [-0.25, -0.2) is 0 Å². The van der Waals surface area contributed by atoms with Gasteiger partial charge in [-0.1, -0.05) is 307 Å². The topological polar surface area (TPSA) is 95.9 Å². The van der Waals surface area contributed by atoms with Crippen LogP contribution in [0.4, 0.5) is 0 Å². The Balaban J connectivity index is 3.41. The van der Waals surface area contributed by atoms with E-state index in [0.717, 1.165) is 51.4 Å². The zero-order chi connectivity index (χ0) is 52.2. The van der Waals surface area contributed by atoms with Crippen LogP contribution in [0.1, 0.15) is 348 Å². The maximum absolute atomic E-state index is 12.5. The maximum Gasteiger partial charge on any atom is 0.305 e. The minimum Gasteiger partial charge on any atom is -0.466 e. The molecule has 0 aromatic rings. The van der Waals surface area contributed by atoms with E-state index in [9.17, 15) is 19.8 Å². The number of aliphatic hydroxyl groups excluding tert-OH is 2. The Morgan fingerprint density at radius 3 is 1.07 bits per heavy atom. The Kier molecular flexibility index (Phi) is 60.0. The summed E-state index contributed by atoms with van der Waals surface area (Å²) in [5, 5.41) is 23.2. The van der Waals surface area contributed by atoms with Gasteiger partial charge in [0.2, 0.25) is 5.91 Å². The van der Waals surface area contributed by atoms with Crippen molar-refractivity contribution in [1.29, 1.82) is 0 Å². The van der Waals surface area contributed by atoms with Crippen LogP contribution >= 0.6 is 0 Å². The summed E-state index contributed by atoms with van der Waals surface area (Å²) in [7, 11) is 0. The van der Waals surface area contributed by atoms with Gasteiger partial charge in [0.1, 0.15) is 0 Å². The number of nitrogens with one attached hydrogen (secondary N) is 1. The van der Waals surface area contributed by atoms with Crippen LogP contribution in [-0.2, 0) is 14.3 Å². The molecule has 0 aliphatic carbocycles. The fourth-order valence-electron chi connectivity index (χ4n) is 9.96. The number of esters is 1. The molecule has 0 aromatic heterocycles. The second-order valence-corrected chi connectivity index (χ2v) is 22.1. The molecule has 6 heteroatoms. The molecule has 72 heavy (non-hydrogen) atoms. The average molecular weight is 1010 g/mol. The summed E-state index contributed by atoms with van der Waals surface area (Å²) in [6.07, 6.45) is 77.6. The number of hydrogen-bond acceptors (Lipinski definition) is 5. The average Bonchev–Trinajstić information content (AvgIpc) is 3.38. The van der Waals surface area contributed by atoms with Gasteiger partial charge in [0.05, 0.1) is 25.4 Å². The van der Waals surface area contributed by atoms with Gasteiger partial charge in [0, 0.05) is 12.8 Å². The molecule has 1 amide bonds. The van der Waals surface area contributed by atoms with Crippen molar-refractivity contribution in [3.63, 3.8) is 0 Å². The highest BCUT2D eigenvalue weighted by molar-refractivity contribution is 5.76. The molecule has 2 unspecified atom stereocenters. The molecule has 0 saturated carbocycles. The first-order valence-corrected chi connectivity index (χ1v) is 32.3. The van der Waals surface area contributed by atoms with Crippen LogP contribution in [0.3, 0.4) is 0 Å². The lowest BCUT2D eigenvalue weighted by atomic mass is 10.0. The molecule has 0 aliphatic rings. The molecule has 0 rings (SSSR count). The SMILES string of the molecule is CCCCCC/C=C\C/C=C\CCCCCCCCCC(=O)OCCCCCCCCCCCCCCCCCCCCCCC(=O)NC(CO)C(O)/C=C/CCCCCCCCCCCCCCCCC. The van der Waals surface area contributed by atoms with Crippen LogP contribution in [0.15, 0.2) is 36.5 Å². The van der Waals surface area contributed by atoms with Crippen LogP contribution in [-0.4, -0.2) is 47.4 Å². The van der Waals surface area contributed by atoms with Gasteiger partial charge in [-0.3, -0.25) is 9.59 Å². The number of carbonyl (C=O) groups is 2. The first-order valence-electron chi connectivity index (χ1n) is 32.3. The fraction of sp³-hybridized carbons (Fsp3) is 0.879. The Morgan fingerprint density at radius 1 is 0.389 bits per heavy atom. The summed E-state index contributed by atoms with van der Waals surface area (Å²) in [5.74, 6) is -0.0651. The van der Waals surface area contributed by atoms with E-state index in [2.05, 4.69) is 43.5 Å². The Bertz CT molecular complexity index is 1170. The molecule has 2 atom stereocenters. The van der Waals surface area contributed by atoms with Crippen molar-refractivity contribution >= 4 is 11.9 Å². The summed E-state index contributed by atoms with van der Waals surface area (Å²) in [5.41, 5.74) is 0. The number of ether oxygens (including phenoxy) is 1. The molecule has 0 heterocycles. The van der Waals surface area contributed by atoms with E-state index in [1.807, 2.05) is 6.08 Å². The van der Waals surface area contributed by atoms with Crippen LogP contribution in [0.5, 0.6) is 0 Å². The van der Waals surface area contributed by atoms with E-state index in [0.29, 0.717) is 19.4 Å². The lowest BCUT2D eigenvalue weighted by Gasteiger charge is -2.20. The Morgan fingerprint density at radius 2 is 0.694 bits per heavy atom. The van der Waals surface area contributed by atoms with Crippen LogP contribution in [0.2, 0.25) is 0 Å². The van der Waals surface area contributed by atoms with E-state index in [1.165, 1.54) is 270 Å². The Hall–Kier alpha value is -1.92. The van der Waals surface area contributed by atoms with Crippen molar-refractivity contribution in [2.45, 2.75) is 360 Å². The van der Waals surface area contributed by atoms with Gasteiger partial charge in [0.15, 0.2) is 0 Å². The number of aliphatic hydroxyl groups is 2. The minimum absolute atomic E-state index is 0.00288. The van der Waals surface area contributed by atoms with Crippen LogP contribution in [0, 0.1) is 0 Å². The standard InChI is InChI=1S/C66H125NO5/c1-3-5-7-9-11-13-15-17-19-21-28-32-36-40-44-48-52-56-60-66(71)72-61-57-53-49-45-41-37-33-29-25-23-22-24-27-31-35-39-43-47-51-55-59-65(70)67-63(62-68)64(69)58-54-50-46-42-38-34-30-26-20-18-16-14-12-10-8-6-4-2/h13,15,19,21,54,58,63-64,68-69H,3-12,14,16-18,20,22-53,55-57,59-62H2,1-2H3,(H,67,70)/b15-13-,21-19-,58-54+. The van der Waals surface area contributed by atoms with Gasteiger partial charge in [-0.2, -0.15) is 0 Å². The molecule has 0 spiro atoms. The van der Waals surface area contributed by atoms with Crippen molar-refractivity contribution in [2.75, 3.05) is 13.2 Å². The smallest absolute Gasteiger partial charge is 0.305 e. The number of carbonyl (C=O) groups excluding carboxylic acids is 2. The van der Waals surface area contributed by atoms with Crippen LogP contribution < -0.4 is 5.32 Å². The van der Waals surface area contributed by atoms with Crippen molar-refractivity contribution < 1.29 is 24.5 Å². The Labute approximate surface area is 449 Å². The third-order valence-corrected chi connectivity index (χ3v) is 14.9. The lowest BCUT2D eigenvalue weighted by molar-refractivity contribution is -0.143. The van der Waals surface area contributed by atoms with Crippen molar-refractivity contribution in [1.82, 2.24) is 5.32 Å². The summed E-state index contributed by atoms with van der Waals surface area (Å²) < 4.78 is 5.49. The molecule has 3 N–H and O–H groups in total. The second kappa shape index (κ2) is 61.6. The fourth-order valence-corrected chi connectivity index (χ4v) is 9.96. The third-order valence-electron chi connectivity index (χ3n) is 14.9. The van der Waals surface area contributed by atoms with Crippen molar-refractivity contribution in [2.24, 2.45) is 0 Å². The molecule has 0 saturated heterocycles. The van der Waals surface area contributed by atoms with Gasteiger partial charge in [-0.05, 0) is 64.2 Å². The largest absolute Gasteiger partial charge is 0.466 e. The molecule has 0 bridgehead atoms. The number of amides is 1. The molecule has 0 fully saturated rings. The first kappa shape index (κ1) is 70.1. The number of hydrogen-bond donors (Lipinski definition) is 3. The van der Waals surface area contributed by atoms with Crippen molar-refractivity contribution in [3.8, 4) is 0 Å². The highest BCUT2D eigenvalue weighted by Gasteiger charge is 2.18. The second-order valence-electron chi connectivity index (χ2n) is 22.1. The normalized spacial score (nSPS) is 12.8. The third kappa shape index (κ3) is 57.4. The van der Waals surface area contributed by atoms with Crippen molar-refractivity contribution in [3.05, 3.63) is 36.5 Å². The van der Waals surface area contributed by atoms with Crippen LogP contribution in [0.25, 0.3) is 0 Å². The summed E-state index contributed by atoms with van der Waals surface area (Å²) in [4.78, 5) is 24.6. The predicted molar refractivity (Wildman–Crippen MR) is 315 cm³/mol. The number of unbranched alkanes of at least 4 members (excludes halogenated alkanes) is 45. The molecule has 424 valence electrons. The van der Waals surface area contributed by atoms with E-state index in [-0.39, 0.29) is 18.5 Å². The van der Waals surface area contributed by atoms with Gasteiger partial charge < -0.3 is 20.3 Å². The minimum atomic E-state index is -0.846. The van der Waals surface area contributed by atoms with Gasteiger partial charge in [-0.15, -0.1) is 0 Å². The molecule has 6 nitrogen and oxygen atoms in total. The van der Waals surface area contributed by atoms with E-state index < -0.39 is 12.1 Å². The summed E-state index contributed by atoms with van der Waals surface area (Å²) in [6.45, 7) is 4.90. The van der Waals surface area contributed by atoms with Gasteiger partial charge >= 0.3 is 5.97 Å². The molecule has 0 radical (unpaired) electrons. The number of rotatable bonds is 60. The van der Waals surface area contributed by atoms with E-state index in [4.69, 9.17) is 4.74 Å². The van der Waals surface area contributed by atoms with Gasteiger partial charge in [0.25, 0.3) is 0 Å². The molecular formula is C66H125NO5. The highest BCUT2D eigenvalue weighted by Crippen LogP contribution is 2.18. The predicted octanol–water partition coefficient (Wildman–Crippen LogP) is 20.4. The van der Waals surface area contributed by atoms with E-state index >= 15 is 0 Å². The molecular weight excluding hydrogens is 887 g/mol. The summed E-state index contributed by atoms with van der Waals surface area (Å²) >= 11 is 0. The zero-order valence-corrected chi connectivity index (χ0v) is 48.4. The molecule has 0 aliphatic heterocycles. The number of allylic oxidation sites excluding steroid dienone is 5. The maximum atomic E-state index is 12.5. The zero-order valence-electron chi connectivity index (χ0n) is 48.4. The quantitative estimate of drug-likeness (QED) is 0.0320. The molecule has 0 aromatic carbocycles. The summed E-state index contributed by atoms with van der Waals surface area (Å²) in [6, 6.07) is -0.630. The lowest BCUT2D eigenvalue weighted by Crippen LogP contribution is -2.45. The highest BCUT2D eigenvalue weighted by atomic mass is 16.5.